The zero-order valence-electron chi connectivity index (χ0n) is 21.2. The monoisotopic (exact) mass is 447 g/mol. The lowest BCUT2D eigenvalue weighted by Gasteiger charge is -2.45. The fourth-order valence-electron chi connectivity index (χ4n) is 5.77. The number of nitriles is 1. The maximum atomic E-state index is 10.1. The molecule has 0 aliphatic heterocycles. The van der Waals surface area contributed by atoms with Crippen LogP contribution in [0.25, 0.3) is 5.57 Å². The fraction of sp³-hybridized carbons (Fsp3) is 0.645. The maximum absolute atomic E-state index is 10.1. The van der Waals surface area contributed by atoms with Crippen LogP contribution in [0, 0.1) is 22.7 Å². The van der Waals surface area contributed by atoms with Gasteiger partial charge in [0.05, 0.1) is 17.1 Å². The first-order chi connectivity index (χ1) is 16.2. The van der Waals surface area contributed by atoms with E-state index in [0.717, 1.165) is 51.6 Å². The fourth-order valence-corrected chi connectivity index (χ4v) is 5.77. The van der Waals surface area contributed by atoms with Crippen molar-refractivity contribution in [2.75, 3.05) is 6.61 Å². The first-order valence-corrected chi connectivity index (χ1v) is 13.7. The van der Waals surface area contributed by atoms with Crippen LogP contribution in [0.2, 0.25) is 0 Å². The minimum atomic E-state index is -0.200. The molecule has 0 radical (unpaired) electrons. The van der Waals surface area contributed by atoms with Gasteiger partial charge >= 0.3 is 0 Å². The van der Waals surface area contributed by atoms with E-state index >= 15 is 0 Å². The lowest BCUT2D eigenvalue weighted by Crippen LogP contribution is -2.43. The predicted molar refractivity (Wildman–Crippen MR) is 140 cm³/mol. The van der Waals surface area contributed by atoms with Gasteiger partial charge in [-0.3, -0.25) is 0 Å². The zero-order chi connectivity index (χ0) is 23.4. The largest absolute Gasteiger partial charge is 0.370 e. The van der Waals surface area contributed by atoms with Crippen LogP contribution >= 0.6 is 0 Å². The van der Waals surface area contributed by atoms with Crippen molar-refractivity contribution in [3.63, 3.8) is 0 Å². The zero-order valence-corrected chi connectivity index (χ0v) is 21.2. The van der Waals surface area contributed by atoms with Gasteiger partial charge in [0.1, 0.15) is 0 Å². The van der Waals surface area contributed by atoms with E-state index in [1.165, 1.54) is 56.1 Å². The quantitative estimate of drug-likeness (QED) is 0.282. The highest BCUT2D eigenvalue weighted by atomic mass is 16.5. The molecule has 0 aromatic heterocycles. The Kier molecular flexibility index (Phi) is 10.3. The van der Waals surface area contributed by atoms with Crippen molar-refractivity contribution < 1.29 is 4.74 Å². The molecule has 2 aliphatic carbocycles. The third-order valence-electron chi connectivity index (χ3n) is 8.04. The Morgan fingerprint density at radius 2 is 1.64 bits per heavy atom. The van der Waals surface area contributed by atoms with Crippen molar-refractivity contribution in [1.29, 1.82) is 5.26 Å². The summed E-state index contributed by atoms with van der Waals surface area (Å²) in [5.74, 6) is 0.505. The Hall–Kier alpha value is -1.85. The molecule has 2 heteroatoms. The number of nitrogens with zero attached hydrogens (tertiary/aromatic N) is 1. The highest BCUT2D eigenvalue weighted by molar-refractivity contribution is 5.75. The second-order valence-electron chi connectivity index (χ2n) is 10.4. The van der Waals surface area contributed by atoms with Crippen LogP contribution in [0.1, 0.15) is 109 Å². The highest BCUT2D eigenvalue weighted by Crippen LogP contribution is 2.49. The van der Waals surface area contributed by atoms with Gasteiger partial charge in [-0.25, -0.2) is 0 Å². The molecule has 0 spiro atoms. The molecule has 1 fully saturated rings. The van der Waals surface area contributed by atoms with E-state index in [9.17, 15) is 5.26 Å². The van der Waals surface area contributed by atoms with E-state index < -0.39 is 0 Å². The Labute approximate surface area is 203 Å². The standard InChI is InChI=1S/C31H45NO/c1-3-5-7-8-12-20-30(26-32)21-18-29(19-22-30)31(33-25-13-6-4-2)23-16-28(17-24-31)27-14-10-9-11-15-27/h9-11,14-17,23,29H,3-8,12-13,18-22,24-25H2,1-2H3. The van der Waals surface area contributed by atoms with Crippen LogP contribution in [0.4, 0.5) is 0 Å². The molecule has 0 heterocycles. The van der Waals surface area contributed by atoms with Gasteiger partial charge in [0.25, 0.3) is 0 Å². The summed E-state index contributed by atoms with van der Waals surface area (Å²) in [5.41, 5.74) is 2.28. The number of benzene rings is 1. The van der Waals surface area contributed by atoms with E-state index in [0.29, 0.717) is 5.92 Å². The summed E-state index contributed by atoms with van der Waals surface area (Å²) in [7, 11) is 0. The van der Waals surface area contributed by atoms with E-state index in [2.05, 4.69) is 68.5 Å². The second kappa shape index (κ2) is 13.1. The van der Waals surface area contributed by atoms with Gasteiger partial charge in [-0.15, -0.1) is 0 Å². The third-order valence-corrected chi connectivity index (χ3v) is 8.04. The molecular formula is C31H45NO. The van der Waals surface area contributed by atoms with Crippen LogP contribution < -0.4 is 0 Å². The molecule has 1 saturated carbocycles. The van der Waals surface area contributed by atoms with Crippen molar-refractivity contribution in [3.8, 4) is 6.07 Å². The maximum Gasteiger partial charge on any atom is 0.0928 e. The molecule has 180 valence electrons. The molecule has 1 aromatic carbocycles. The minimum Gasteiger partial charge on any atom is -0.370 e. The Bertz CT molecular complexity index is 794. The van der Waals surface area contributed by atoms with Gasteiger partial charge in [0.15, 0.2) is 0 Å². The molecular weight excluding hydrogens is 402 g/mol. The number of hydrogen-bond donors (Lipinski definition) is 0. The number of ether oxygens (including phenoxy) is 1. The lowest BCUT2D eigenvalue weighted by molar-refractivity contribution is -0.0685. The van der Waals surface area contributed by atoms with E-state index in [1.807, 2.05) is 0 Å². The Balaban J connectivity index is 1.64. The molecule has 33 heavy (non-hydrogen) atoms. The van der Waals surface area contributed by atoms with Gasteiger partial charge in [-0.05, 0) is 62.0 Å². The topological polar surface area (TPSA) is 33.0 Å². The Morgan fingerprint density at radius 3 is 2.27 bits per heavy atom. The molecule has 3 rings (SSSR count). The first kappa shape index (κ1) is 25.8. The van der Waals surface area contributed by atoms with Crippen LogP contribution in [0.3, 0.4) is 0 Å². The molecule has 0 amide bonds. The average Bonchev–Trinajstić information content (AvgIpc) is 2.88. The lowest BCUT2D eigenvalue weighted by atomic mass is 9.63. The van der Waals surface area contributed by atoms with E-state index in [1.54, 1.807) is 0 Å². The second-order valence-corrected chi connectivity index (χ2v) is 10.4. The van der Waals surface area contributed by atoms with Crippen LogP contribution in [0.5, 0.6) is 0 Å². The SMILES string of the molecule is CCCCCCCC1(C#N)CCC(C2(OCCCCC)C=CC(c3ccccc3)=CC2)CC1. The summed E-state index contributed by atoms with van der Waals surface area (Å²) in [6.07, 6.45) is 23.3. The van der Waals surface area contributed by atoms with Crippen molar-refractivity contribution in [2.45, 2.75) is 109 Å². The molecule has 1 atom stereocenters. The highest BCUT2D eigenvalue weighted by Gasteiger charge is 2.44. The normalized spacial score (nSPS) is 27.2. The predicted octanol–water partition coefficient (Wildman–Crippen LogP) is 9.04. The van der Waals surface area contributed by atoms with Crippen molar-refractivity contribution in [1.82, 2.24) is 0 Å². The smallest absolute Gasteiger partial charge is 0.0928 e. The average molecular weight is 448 g/mol. The van der Waals surface area contributed by atoms with Crippen LogP contribution in [-0.2, 0) is 4.74 Å². The third kappa shape index (κ3) is 7.07. The molecule has 2 nitrogen and oxygen atoms in total. The molecule has 2 aliphatic rings. The van der Waals surface area contributed by atoms with Crippen LogP contribution in [0.15, 0.2) is 48.6 Å². The summed E-state index contributed by atoms with van der Waals surface area (Å²) in [6, 6.07) is 13.4. The minimum absolute atomic E-state index is 0.102. The summed E-state index contributed by atoms with van der Waals surface area (Å²) < 4.78 is 6.71. The van der Waals surface area contributed by atoms with Crippen LogP contribution in [-0.4, -0.2) is 12.2 Å². The molecule has 0 N–H and O–H groups in total. The van der Waals surface area contributed by atoms with Crippen molar-refractivity contribution in [2.24, 2.45) is 11.3 Å². The first-order valence-electron chi connectivity index (χ1n) is 13.7. The molecule has 1 unspecified atom stereocenters. The van der Waals surface area contributed by atoms with E-state index in [-0.39, 0.29) is 11.0 Å². The summed E-state index contributed by atoms with van der Waals surface area (Å²) in [4.78, 5) is 0. The van der Waals surface area contributed by atoms with Gasteiger partial charge in [-0.1, -0.05) is 107 Å². The van der Waals surface area contributed by atoms with E-state index in [4.69, 9.17) is 4.74 Å². The molecule has 0 bridgehead atoms. The summed E-state index contributed by atoms with van der Waals surface area (Å²) in [5, 5.41) is 10.1. The number of unbranched alkanes of at least 4 members (excludes halogenated alkanes) is 6. The van der Waals surface area contributed by atoms with Gasteiger partial charge in [0.2, 0.25) is 0 Å². The van der Waals surface area contributed by atoms with Crippen molar-refractivity contribution >= 4 is 5.57 Å². The van der Waals surface area contributed by atoms with Gasteiger partial charge in [-0.2, -0.15) is 5.26 Å². The number of allylic oxidation sites excluding steroid dienone is 2. The summed E-state index contributed by atoms with van der Waals surface area (Å²) >= 11 is 0. The van der Waals surface area contributed by atoms with Crippen molar-refractivity contribution in [3.05, 3.63) is 54.1 Å². The number of rotatable bonds is 13. The summed E-state index contributed by atoms with van der Waals surface area (Å²) in [6.45, 7) is 5.34. The Morgan fingerprint density at radius 1 is 0.939 bits per heavy atom. The van der Waals surface area contributed by atoms with Gasteiger partial charge in [0, 0.05) is 6.61 Å². The molecule has 0 saturated heterocycles. The number of hydrogen-bond acceptors (Lipinski definition) is 2. The molecule has 1 aromatic rings. The van der Waals surface area contributed by atoms with Gasteiger partial charge < -0.3 is 4.74 Å².